The van der Waals surface area contributed by atoms with Crippen LogP contribution in [0.25, 0.3) is 0 Å². The van der Waals surface area contributed by atoms with Crippen LogP contribution in [0.5, 0.6) is 0 Å². The quantitative estimate of drug-likeness (QED) is 0.775. The van der Waals surface area contributed by atoms with E-state index in [1.54, 1.807) is 26.8 Å². The van der Waals surface area contributed by atoms with Gasteiger partial charge in [0.05, 0.1) is 6.54 Å². The fourth-order valence-corrected chi connectivity index (χ4v) is 2.44. The number of urea groups is 1. The van der Waals surface area contributed by atoms with Crippen LogP contribution in [0.4, 0.5) is 19.3 Å². The number of hydrogen-bond donors (Lipinski definition) is 3. The Hall–Kier alpha value is -2.41. The summed E-state index contributed by atoms with van der Waals surface area (Å²) < 4.78 is 30.7. The molecule has 5 nitrogen and oxygen atoms in total. The van der Waals surface area contributed by atoms with Gasteiger partial charge in [0.25, 0.3) is 6.43 Å². The molecule has 1 aromatic carbocycles. The number of carbonyl (C=O) groups excluding carboxylic acids is 1. The number of furan rings is 1. The maximum Gasteiger partial charge on any atom is 0.319 e. The molecule has 24 heavy (non-hydrogen) atoms. The van der Waals surface area contributed by atoms with E-state index in [2.05, 4.69) is 10.6 Å². The van der Waals surface area contributed by atoms with Gasteiger partial charge in [-0.2, -0.15) is 0 Å². The molecular weight excluding hydrogens is 318 g/mol. The molecule has 1 heterocycles. The Morgan fingerprint density at radius 1 is 1.33 bits per heavy atom. The van der Waals surface area contributed by atoms with Gasteiger partial charge in [-0.3, -0.25) is 0 Å². The van der Waals surface area contributed by atoms with Crippen molar-refractivity contribution in [1.29, 1.82) is 0 Å². The molecule has 2 rings (SSSR count). The van der Waals surface area contributed by atoms with Crippen molar-refractivity contribution in [1.82, 2.24) is 5.32 Å². The minimum Gasteiger partial charge on any atom is -0.466 e. The first-order valence-electron chi connectivity index (χ1n) is 7.42. The average molecular weight is 338 g/mol. The van der Waals surface area contributed by atoms with Gasteiger partial charge in [-0.05, 0) is 39.0 Å². The molecule has 2 amide bonds. The van der Waals surface area contributed by atoms with Crippen molar-refractivity contribution < 1.29 is 23.1 Å². The Morgan fingerprint density at radius 2 is 2.04 bits per heavy atom. The maximum atomic E-state index is 12.6. The number of anilines is 1. The predicted octanol–water partition coefficient (Wildman–Crippen LogP) is 3.86. The Labute approximate surface area is 138 Å². The van der Waals surface area contributed by atoms with Crippen LogP contribution in [0.1, 0.15) is 36.0 Å². The van der Waals surface area contributed by atoms with Gasteiger partial charge in [-0.15, -0.1) is 0 Å². The summed E-state index contributed by atoms with van der Waals surface area (Å²) >= 11 is 0. The van der Waals surface area contributed by atoms with Gasteiger partial charge in [0, 0.05) is 16.8 Å². The molecule has 7 heteroatoms. The number of benzene rings is 1. The summed E-state index contributed by atoms with van der Waals surface area (Å²) in [6, 6.07) is 6.53. The number of alkyl halides is 2. The van der Waals surface area contributed by atoms with E-state index in [9.17, 15) is 18.7 Å². The van der Waals surface area contributed by atoms with E-state index in [4.69, 9.17) is 4.42 Å². The molecule has 0 aliphatic rings. The van der Waals surface area contributed by atoms with E-state index < -0.39 is 18.1 Å². The average Bonchev–Trinajstić information content (AvgIpc) is 2.85. The lowest BCUT2D eigenvalue weighted by Crippen LogP contribution is -2.40. The fraction of sp³-hybridized carbons (Fsp3) is 0.353. The minimum absolute atomic E-state index is 0.0623. The van der Waals surface area contributed by atoms with Crippen LogP contribution in [0, 0.1) is 13.8 Å². The maximum absolute atomic E-state index is 12.6. The Kier molecular flexibility index (Phi) is 5.23. The van der Waals surface area contributed by atoms with Crippen molar-refractivity contribution in [2.75, 3.05) is 11.9 Å². The first kappa shape index (κ1) is 17.9. The van der Waals surface area contributed by atoms with E-state index in [0.29, 0.717) is 17.1 Å². The van der Waals surface area contributed by atoms with Gasteiger partial charge in [0.2, 0.25) is 0 Å². The zero-order valence-corrected chi connectivity index (χ0v) is 13.7. The Morgan fingerprint density at radius 3 is 2.62 bits per heavy atom. The smallest absolute Gasteiger partial charge is 0.319 e. The third kappa shape index (κ3) is 4.32. The Balaban J connectivity index is 1.98. The molecule has 0 aliphatic heterocycles. The lowest BCUT2D eigenvalue weighted by atomic mass is 9.96. The topological polar surface area (TPSA) is 74.5 Å². The number of amides is 2. The monoisotopic (exact) mass is 338 g/mol. The highest BCUT2D eigenvalue weighted by atomic mass is 19.3. The van der Waals surface area contributed by atoms with Crippen LogP contribution in [0.3, 0.4) is 0 Å². The van der Waals surface area contributed by atoms with Crippen molar-refractivity contribution in [2.24, 2.45) is 0 Å². The molecule has 0 bridgehead atoms. The molecular formula is C17H20F2N2O3. The summed E-state index contributed by atoms with van der Waals surface area (Å²) in [5, 5.41) is 15.5. The number of hydrogen-bond acceptors (Lipinski definition) is 3. The van der Waals surface area contributed by atoms with Gasteiger partial charge in [0.15, 0.2) is 0 Å². The van der Waals surface area contributed by atoms with E-state index >= 15 is 0 Å². The van der Waals surface area contributed by atoms with Crippen LogP contribution < -0.4 is 10.6 Å². The highest BCUT2D eigenvalue weighted by Gasteiger charge is 2.28. The third-order valence-electron chi connectivity index (χ3n) is 3.61. The second-order valence-corrected chi connectivity index (χ2v) is 5.83. The number of halogens is 2. The zero-order valence-electron chi connectivity index (χ0n) is 13.7. The van der Waals surface area contributed by atoms with Gasteiger partial charge < -0.3 is 20.2 Å². The molecule has 0 unspecified atom stereocenters. The standard InChI is InChI=1S/C17H20F2N2O3/c1-10-7-14(11(2)24-10)17(3,23)9-20-16(22)21-13-6-4-5-12(8-13)15(18)19/h4-8,15,23H,9H2,1-3H3,(H2,20,21,22)/t17-/m1/s1. The highest BCUT2D eigenvalue weighted by Crippen LogP contribution is 2.26. The van der Waals surface area contributed by atoms with Crippen molar-refractivity contribution >= 4 is 11.7 Å². The SMILES string of the molecule is Cc1cc([C@](C)(O)CNC(=O)Nc2cccc(C(F)F)c2)c(C)o1. The van der Waals surface area contributed by atoms with Gasteiger partial charge in [-0.1, -0.05) is 12.1 Å². The number of aliphatic hydroxyl groups is 1. The molecule has 130 valence electrons. The zero-order chi connectivity index (χ0) is 17.9. The molecule has 0 radical (unpaired) electrons. The van der Waals surface area contributed by atoms with Crippen LogP contribution >= 0.6 is 0 Å². The molecule has 0 fully saturated rings. The van der Waals surface area contributed by atoms with Crippen LogP contribution in [0.15, 0.2) is 34.7 Å². The van der Waals surface area contributed by atoms with E-state index in [1.165, 1.54) is 24.3 Å². The molecule has 1 atom stereocenters. The largest absolute Gasteiger partial charge is 0.466 e. The van der Waals surface area contributed by atoms with Crippen LogP contribution in [-0.4, -0.2) is 17.7 Å². The summed E-state index contributed by atoms with van der Waals surface area (Å²) in [6.07, 6.45) is -2.61. The van der Waals surface area contributed by atoms with Crippen molar-refractivity contribution in [3.63, 3.8) is 0 Å². The second-order valence-electron chi connectivity index (χ2n) is 5.83. The first-order chi connectivity index (χ1) is 11.2. The Bertz CT molecular complexity index is 726. The molecule has 1 aromatic heterocycles. The summed E-state index contributed by atoms with van der Waals surface area (Å²) in [6.45, 7) is 4.99. The van der Waals surface area contributed by atoms with E-state index in [1.807, 2.05) is 0 Å². The molecule has 0 aliphatic carbocycles. The van der Waals surface area contributed by atoms with Gasteiger partial charge >= 0.3 is 6.03 Å². The van der Waals surface area contributed by atoms with Crippen molar-refractivity contribution in [2.45, 2.75) is 32.8 Å². The summed E-state index contributed by atoms with van der Waals surface area (Å²) in [7, 11) is 0. The predicted molar refractivity (Wildman–Crippen MR) is 86.2 cm³/mol. The molecule has 0 saturated carbocycles. The lowest BCUT2D eigenvalue weighted by Gasteiger charge is -2.23. The summed E-state index contributed by atoms with van der Waals surface area (Å²) in [5.74, 6) is 1.24. The molecule has 3 N–H and O–H groups in total. The first-order valence-corrected chi connectivity index (χ1v) is 7.42. The number of nitrogens with one attached hydrogen (secondary N) is 2. The van der Waals surface area contributed by atoms with Crippen molar-refractivity contribution in [3.8, 4) is 0 Å². The second kappa shape index (κ2) is 7.00. The van der Waals surface area contributed by atoms with Crippen molar-refractivity contribution in [3.05, 3.63) is 53.0 Å². The summed E-state index contributed by atoms with van der Waals surface area (Å²) in [5.41, 5.74) is -0.658. The van der Waals surface area contributed by atoms with Gasteiger partial charge in [-0.25, -0.2) is 13.6 Å². The van der Waals surface area contributed by atoms with Crippen LogP contribution in [-0.2, 0) is 5.60 Å². The minimum atomic E-state index is -2.61. The number of aryl methyl sites for hydroxylation is 2. The molecule has 2 aromatic rings. The number of carbonyl (C=O) groups is 1. The van der Waals surface area contributed by atoms with E-state index in [0.717, 1.165) is 0 Å². The van der Waals surface area contributed by atoms with Crippen LogP contribution in [0.2, 0.25) is 0 Å². The molecule has 0 saturated heterocycles. The third-order valence-corrected chi connectivity index (χ3v) is 3.61. The number of rotatable bonds is 5. The summed E-state index contributed by atoms with van der Waals surface area (Å²) in [4.78, 5) is 11.9. The molecule has 0 spiro atoms. The normalized spacial score (nSPS) is 13.6. The van der Waals surface area contributed by atoms with E-state index in [-0.39, 0.29) is 17.8 Å². The fourth-order valence-electron chi connectivity index (χ4n) is 2.44. The lowest BCUT2D eigenvalue weighted by molar-refractivity contribution is 0.0584. The van der Waals surface area contributed by atoms with Gasteiger partial charge in [0.1, 0.15) is 17.1 Å². The highest BCUT2D eigenvalue weighted by molar-refractivity contribution is 5.89.